The van der Waals surface area contributed by atoms with E-state index >= 15 is 0 Å². The summed E-state index contributed by atoms with van der Waals surface area (Å²) in [5.74, 6) is 1.23. The molecule has 1 saturated heterocycles. The van der Waals surface area contributed by atoms with Crippen LogP contribution in [0.1, 0.15) is 44.0 Å². The van der Waals surface area contributed by atoms with Crippen molar-refractivity contribution in [1.82, 2.24) is 24.3 Å². The second kappa shape index (κ2) is 11.4. The molecule has 1 N–H and O–H groups in total. The van der Waals surface area contributed by atoms with Crippen molar-refractivity contribution in [2.24, 2.45) is 7.05 Å². The minimum Gasteiger partial charge on any atom is -0.494 e. The molecule has 1 fully saturated rings. The van der Waals surface area contributed by atoms with Gasteiger partial charge in [0.25, 0.3) is 5.91 Å². The molecule has 2 aromatic carbocycles. The first-order chi connectivity index (χ1) is 19.6. The van der Waals surface area contributed by atoms with Crippen molar-refractivity contribution in [3.63, 3.8) is 0 Å². The normalized spacial score (nSPS) is 15.9. The van der Waals surface area contributed by atoms with Gasteiger partial charge < -0.3 is 33.6 Å². The number of fused-ring (bicyclic) bond motifs is 2. The summed E-state index contributed by atoms with van der Waals surface area (Å²) >= 11 is 0. The Balaban J connectivity index is 1.46. The first kappa shape index (κ1) is 28.5. The fourth-order valence-corrected chi connectivity index (χ4v) is 5.57. The molecule has 2 aromatic heterocycles. The zero-order valence-electron chi connectivity index (χ0n) is 24.7. The van der Waals surface area contributed by atoms with Crippen LogP contribution in [0, 0.1) is 0 Å². The topological polar surface area (TPSA) is 99.9 Å². The minimum atomic E-state index is -0.583. The van der Waals surface area contributed by atoms with Crippen molar-refractivity contribution in [3.05, 3.63) is 48.0 Å². The number of aromatic nitrogens is 3. The maximum absolute atomic E-state index is 13.7. The largest absolute Gasteiger partial charge is 0.494 e. The third-order valence-corrected chi connectivity index (χ3v) is 7.39. The summed E-state index contributed by atoms with van der Waals surface area (Å²) in [6.45, 7) is 7.75. The van der Waals surface area contributed by atoms with Gasteiger partial charge in [0, 0.05) is 56.3 Å². The molecule has 0 bridgehead atoms. The Hall–Kier alpha value is -4.05. The predicted octanol–water partition coefficient (Wildman–Crippen LogP) is 4.98. The molecular weight excluding hydrogens is 522 g/mol. The Morgan fingerprint density at radius 1 is 1.12 bits per heavy atom. The number of benzene rings is 2. The van der Waals surface area contributed by atoms with Gasteiger partial charge in [0.05, 0.1) is 24.9 Å². The lowest BCUT2D eigenvalue weighted by atomic mass is 10.0. The van der Waals surface area contributed by atoms with Crippen molar-refractivity contribution in [3.8, 4) is 17.3 Å². The fraction of sp³-hybridized carbons (Fsp3) is 0.452. The number of carbonyl (C=O) groups excluding carboxylic acids is 2. The molecule has 0 aliphatic carbocycles. The first-order valence-electron chi connectivity index (χ1n) is 14.0. The number of nitrogens with one attached hydrogen (secondary N) is 1. The number of amides is 2. The van der Waals surface area contributed by atoms with Gasteiger partial charge in [0.1, 0.15) is 16.9 Å². The number of carbonyl (C=O) groups is 2. The maximum atomic E-state index is 13.7. The molecular formula is C31H39N5O5. The molecule has 1 aliphatic heterocycles. The molecule has 10 nitrogen and oxygen atoms in total. The van der Waals surface area contributed by atoms with Crippen molar-refractivity contribution in [2.45, 2.75) is 51.8 Å². The van der Waals surface area contributed by atoms with Gasteiger partial charge in [0.2, 0.25) is 0 Å². The van der Waals surface area contributed by atoms with Crippen LogP contribution >= 0.6 is 0 Å². The molecule has 2 amide bonds. The van der Waals surface area contributed by atoms with Crippen LogP contribution in [0.25, 0.3) is 33.5 Å². The molecule has 41 heavy (non-hydrogen) atoms. The molecule has 0 radical (unpaired) electrons. The number of imidazole rings is 1. The Morgan fingerprint density at radius 2 is 1.90 bits per heavy atom. The quantitative estimate of drug-likeness (QED) is 0.342. The van der Waals surface area contributed by atoms with Gasteiger partial charge in [-0.3, -0.25) is 4.79 Å². The highest BCUT2D eigenvalue weighted by Crippen LogP contribution is 2.34. The van der Waals surface area contributed by atoms with Gasteiger partial charge in [-0.15, -0.1) is 0 Å². The number of para-hydroxylation sites is 1. The Bertz CT molecular complexity index is 1580. The van der Waals surface area contributed by atoms with E-state index < -0.39 is 11.7 Å². The molecule has 5 rings (SSSR count). The van der Waals surface area contributed by atoms with E-state index in [1.807, 2.05) is 50.6 Å². The van der Waals surface area contributed by atoms with Crippen LogP contribution in [0.4, 0.5) is 4.79 Å². The molecule has 4 aromatic rings. The molecule has 0 saturated carbocycles. The highest BCUT2D eigenvalue weighted by molar-refractivity contribution is 6.00. The zero-order chi connectivity index (χ0) is 29.3. The lowest BCUT2D eigenvalue weighted by Crippen LogP contribution is -2.50. The Morgan fingerprint density at radius 3 is 2.63 bits per heavy atom. The van der Waals surface area contributed by atoms with Crippen molar-refractivity contribution < 1.29 is 23.8 Å². The summed E-state index contributed by atoms with van der Waals surface area (Å²) in [5.41, 5.74) is 3.47. The standard InChI is InChI=1S/C31H39N5O5/c1-31(2,3)41-30(38)32-22-11-9-13-35(19-22)29(37)21-16-23-27(26(18-21)40-6)34(4)28(33-23)25-17-20-10-7-8-12-24(20)36(25)14-15-39-5/h7-8,10,12,16-18,22H,9,11,13-15,19H2,1-6H3,(H,32,38)/t22-/m1/s1. The number of piperidine rings is 1. The molecule has 0 unspecified atom stereocenters. The summed E-state index contributed by atoms with van der Waals surface area (Å²) in [4.78, 5) is 32.8. The smallest absolute Gasteiger partial charge is 0.407 e. The van der Waals surface area contributed by atoms with Crippen LogP contribution in [0.2, 0.25) is 0 Å². The van der Waals surface area contributed by atoms with Crippen LogP contribution < -0.4 is 10.1 Å². The van der Waals surface area contributed by atoms with E-state index in [1.165, 1.54) is 0 Å². The van der Waals surface area contributed by atoms with E-state index in [0.717, 1.165) is 40.8 Å². The molecule has 218 valence electrons. The summed E-state index contributed by atoms with van der Waals surface area (Å²) < 4.78 is 20.8. The second-order valence-corrected chi connectivity index (χ2v) is 11.5. The maximum Gasteiger partial charge on any atom is 0.407 e. The molecule has 10 heteroatoms. The number of likely N-dealkylation sites (tertiary alicyclic amines) is 1. The van der Waals surface area contributed by atoms with Gasteiger partial charge in [0.15, 0.2) is 5.82 Å². The third kappa shape index (κ3) is 5.88. The minimum absolute atomic E-state index is 0.123. The molecule has 1 aliphatic rings. The summed E-state index contributed by atoms with van der Waals surface area (Å²) in [7, 11) is 5.26. The molecule has 3 heterocycles. The van der Waals surface area contributed by atoms with E-state index in [9.17, 15) is 9.59 Å². The molecule has 1 atom stereocenters. The van der Waals surface area contributed by atoms with Gasteiger partial charge in [-0.2, -0.15) is 0 Å². The van der Waals surface area contributed by atoms with Gasteiger partial charge in [-0.25, -0.2) is 9.78 Å². The fourth-order valence-electron chi connectivity index (χ4n) is 5.57. The number of ether oxygens (including phenoxy) is 3. The van der Waals surface area contributed by atoms with Crippen LogP contribution in [-0.2, 0) is 23.1 Å². The van der Waals surface area contributed by atoms with Crippen molar-refractivity contribution >= 4 is 33.9 Å². The number of nitrogens with zero attached hydrogens (tertiary/aromatic N) is 4. The van der Waals surface area contributed by atoms with Gasteiger partial charge in [-0.1, -0.05) is 18.2 Å². The van der Waals surface area contributed by atoms with Crippen LogP contribution in [0.3, 0.4) is 0 Å². The number of hydrogen-bond donors (Lipinski definition) is 1. The van der Waals surface area contributed by atoms with Gasteiger partial charge in [-0.05, 0) is 57.9 Å². The number of methoxy groups -OCH3 is 2. The van der Waals surface area contributed by atoms with Gasteiger partial charge >= 0.3 is 6.09 Å². The van der Waals surface area contributed by atoms with Crippen LogP contribution in [0.15, 0.2) is 42.5 Å². The highest BCUT2D eigenvalue weighted by Gasteiger charge is 2.28. The average Bonchev–Trinajstić information content (AvgIpc) is 3.47. The number of alkyl carbamates (subject to hydrolysis) is 1. The van der Waals surface area contributed by atoms with Crippen LogP contribution in [0.5, 0.6) is 5.75 Å². The monoisotopic (exact) mass is 561 g/mol. The number of rotatable bonds is 7. The third-order valence-electron chi connectivity index (χ3n) is 7.39. The summed E-state index contributed by atoms with van der Waals surface area (Å²) in [6.07, 6.45) is 1.10. The SMILES string of the molecule is COCCn1c(-c2nc3cc(C(=O)N4CCC[C@@H](NC(=O)OC(C)(C)C)C4)cc(OC)c3n2C)cc2ccccc21. The van der Waals surface area contributed by atoms with E-state index in [4.69, 9.17) is 19.2 Å². The zero-order valence-corrected chi connectivity index (χ0v) is 24.7. The highest BCUT2D eigenvalue weighted by atomic mass is 16.6. The van der Waals surface area contributed by atoms with E-state index in [1.54, 1.807) is 25.2 Å². The average molecular weight is 562 g/mol. The lowest BCUT2D eigenvalue weighted by molar-refractivity contribution is 0.0452. The Labute approximate surface area is 240 Å². The predicted molar refractivity (Wildman–Crippen MR) is 158 cm³/mol. The molecule has 0 spiro atoms. The van der Waals surface area contributed by atoms with E-state index in [-0.39, 0.29) is 11.9 Å². The first-order valence-corrected chi connectivity index (χ1v) is 14.0. The Kier molecular flexibility index (Phi) is 7.95. The number of aryl methyl sites for hydroxylation is 1. The van der Waals surface area contributed by atoms with Crippen molar-refractivity contribution in [2.75, 3.05) is 33.9 Å². The van der Waals surface area contributed by atoms with E-state index in [2.05, 4.69) is 28.1 Å². The summed E-state index contributed by atoms with van der Waals surface area (Å²) in [6, 6.07) is 13.8. The second-order valence-electron chi connectivity index (χ2n) is 11.5. The van der Waals surface area contributed by atoms with Crippen LogP contribution in [-0.4, -0.2) is 76.6 Å². The summed E-state index contributed by atoms with van der Waals surface area (Å²) in [5, 5.41) is 4.04. The number of hydrogen-bond acceptors (Lipinski definition) is 6. The lowest BCUT2D eigenvalue weighted by Gasteiger charge is -2.33. The van der Waals surface area contributed by atoms with E-state index in [0.29, 0.717) is 43.1 Å². The van der Waals surface area contributed by atoms with Crippen molar-refractivity contribution in [1.29, 1.82) is 0 Å².